The highest BCUT2D eigenvalue weighted by Crippen LogP contribution is 2.33. The molecule has 2 atom stereocenters. The minimum atomic E-state index is -0.169. The van der Waals surface area contributed by atoms with Crippen LogP contribution in [0.4, 0.5) is 0 Å². The van der Waals surface area contributed by atoms with Gasteiger partial charge < -0.3 is 4.74 Å². The highest BCUT2D eigenvalue weighted by atomic mass is 32.2. The molecule has 1 aromatic heterocycles. The summed E-state index contributed by atoms with van der Waals surface area (Å²) in [6, 6.07) is 0.426. The molecule has 2 unspecified atom stereocenters. The number of rotatable bonds is 6. The van der Waals surface area contributed by atoms with Crippen molar-refractivity contribution < 1.29 is 9.53 Å². The third-order valence-electron chi connectivity index (χ3n) is 3.85. The van der Waals surface area contributed by atoms with E-state index in [9.17, 15) is 4.79 Å². The van der Waals surface area contributed by atoms with E-state index in [-0.39, 0.29) is 5.97 Å². The number of hydrogen-bond acceptors (Lipinski definition) is 6. The Morgan fingerprint density at radius 1 is 1.45 bits per heavy atom. The van der Waals surface area contributed by atoms with E-state index in [4.69, 9.17) is 0 Å². The monoisotopic (exact) mass is 298 g/mol. The summed E-state index contributed by atoms with van der Waals surface area (Å²) in [5, 5.41) is 12.1. The number of carbonyl (C=O) groups excluding carboxylic acids is 1. The average molecular weight is 298 g/mol. The Balaban J connectivity index is 1.86. The number of nitrogens with zero attached hydrogens (tertiary/aromatic N) is 4. The summed E-state index contributed by atoms with van der Waals surface area (Å²) in [5.74, 6) is 2.86. The lowest BCUT2D eigenvalue weighted by atomic mass is 9.86. The van der Waals surface area contributed by atoms with Gasteiger partial charge in [0.2, 0.25) is 0 Å². The molecule has 0 N–H and O–H groups in total. The van der Waals surface area contributed by atoms with Gasteiger partial charge in [0.15, 0.2) is 5.82 Å². The predicted octanol–water partition coefficient (Wildman–Crippen LogP) is 2.22. The van der Waals surface area contributed by atoms with Gasteiger partial charge in [0.05, 0.1) is 25.3 Å². The van der Waals surface area contributed by atoms with Crippen molar-refractivity contribution in [3.8, 4) is 0 Å². The van der Waals surface area contributed by atoms with E-state index in [0.717, 1.165) is 23.8 Å². The number of aromatic nitrogens is 4. The van der Waals surface area contributed by atoms with Crippen LogP contribution in [0.5, 0.6) is 0 Å². The first-order chi connectivity index (χ1) is 9.72. The van der Waals surface area contributed by atoms with Crippen LogP contribution in [-0.4, -0.2) is 39.0 Å². The zero-order chi connectivity index (χ0) is 14.4. The molecule has 1 heterocycles. The zero-order valence-corrected chi connectivity index (χ0v) is 12.9. The maximum Gasteiger partial charge on any atom is 0.306 e. The van der Waals surface area contributed by atoms with Crippen molar-refractivity contribution in [3.63, 3.8) is 0 Å². The molecule has 1 aliphatic rings. The quantitative estimate of drug-likeness (QED) is 0.592. The summed E-state index contributed by atoms with van der Waals surface area (Å²) in [6.45, 7) is 2.28. The Morgan fingerprint density at radius 3 is 3.00 bits per heavy atom. The predicted molar refractivity (Wildman–Crippen MR) is 77.3 cm³/mol. The topological polar surface area (TPSA) is 69.9 Å². The van der Waals surface area contributed by atoms with Gasteiger partial charge in [-0.05, 0) is 29.2 Å². The standard InChI is InChI=1S/C13H22N4O2S/c1-10-5-3-4-6-11(10)17-12(14-15-16-17)9-20-8-7-13(18)19-2/h10-11H,3-9H2,1-2H3. The van der Waals surface area contributed by atoms with Crippen LogP contribution in [0.2, 0.25) is 0 Å². The number of hydrogen-bond donors (Lipinski definition) is 0. The van der Waals surface area contributed by atoms with Gasteiger partial charge in [-0.3, -0.25) is 4.79 Å². The Bertz CT molecular complexity index is 438. The molecule has 0 amide bonds. The van der Waals surface area contributed by atoms with Crippen LogP contribution in [0.15, 0.2) is 0 Å². The van der Waals surface area contributed by atoms with E-state index in [0.29, 0.717) is 18.4 Å². The lowest BCUT2D eigenvalue weighted by Gasteiger charge is -2.28. The first kappa shape index (κ1) is 15.3. The number of methoxy groups -OCH3 is 1. The number of tetrazole rings is 1. The smallest absolute Gasteiger partial charge is 0.306 e. The van der Waals surface area contributed by atoms with Crippen molar-refractivity contribution in [2.24, 2.45) is 5.92 Å². The maximum atomic E-state index is 11.0. The lowest BCUT2D eigenvalue weighted by molar-refractivity contribution is -0.140. The van der Waals surface area contributed by atoms with E-state index in [2.05, 4.69) is 27.2 Å². The summed E-state index contributed by atoms with van der Waals surface area (Å²) in [7, 11) is 1.41. The third-order valence-corrected chi connectivity index (χ3v) is 4.81. The lowest BCUT2D eigenvalue weighted by Crippen LogP contribution is -2.23. The summed E-state index contributed by atoms with van der Waals surface area (Å²) < 4.78 is 6.62. The second kappa shape index (κ2) is 7.61. The molecule has 0 saturated heterocycles. The number of esters is 1. The molecule has 6 nitrogen and oxygen atoms in total. The molecule has 1 aromatic rings. The van der Waals surface area contributed by atoms with Crippen molar-refractivity contribution in [2.75, 3.05) is 12.9 Å². The molecule has 2 rings (SSSR count). The summed E-state index contributed by atoms with van der Waals surface area (Å²) in [4.78, 5) is 11.0. The molecule has 0 bridgehead atoms. The second-order valence-corrected chi connectivity index (χ2v) is 6.35. The first-order valence-electron chi connectivity index (χ1n) is 7.13. The maximum absolute atomic E-state index is 11.0. The van der Waals surface area contributed by atoms with Crippen molar-refractivity contribution in [1.29, 1.82) is 0 Å². The van der Waals surface area contributed by atoms with Crippen LogP contribution < -0.4 is 0 Å². The summed E-state index contributed by atoms with van der Waals surface area (Å²) in [5.41, 5.74) is 0. The Hall–Kier alpha value is -1.11. The summed E-state index contributed by atoms with van der Waals surface area (Å²) in [6.07, 6.45) is 5.40. The fourth-order valence-corrected chi connectivity index (χ4v) is 3.47. The van der Waals surface area contributed by atoms with E-state index in [1.165, 1.54) is 26.4 Å². The molecule has 1 saturated carbocycles. The second-order valence-electron chi connectivity index (χ2n) is 5.25. The fraction of sp³-hybridized carbons (Fsp3) is 0.846. The minimum Gasteiger partial charge on any atom is -0.469 e. The van der Waals surface area contributed by atoms with Crippen LogP contribution in [0.3, 0.4) is 0 Å². The van der Waals surface area contributed by atoms with Gasteiger partial charge in [-0.25, -0.2) is 4.68 Å². The van der Waals surface area contributed by atoms with Crippen LogP contribution >= 0.6 is 11.8 Å². The number of ether oxygens (including phenoxy) is 1. The van der Waals surface area contributed by atoms with Gasteiger partial charge >= 0.3 is 5.97 Å². The van der Waals surface area contributed by atoms with Crippen molar-refractivity contribution in [3.05, 3.63) is 5.82 Å². The molecule has 20 heavy (non-hydrogen) atoms. The van der Waals surface area contributed by atoms with E-state index in [1.54, 1.807) is 11.8 Å². The van der Waals surface area contributed by atoms with Crippen LogP contribution in [0.1, 0.15) is 50.9 Å². The van der Waals surface area contributed by atoms with Crippen LogP contribution in [0, 0.1) is 5.92 Å². The highest BCUT2D eigenvalue weighted by Gasteiger charge is 2.26. The summed E-state index contributed by atoms with van der Waals surface area (Å²) >= 11 is 1.67. The fourth-order valence-electron chi connectivity index (χ4n) is 2.65. The van der Waals surface area contributed by atoms with Gasteiger partial charge in [0, 0.05) is 5.75 Å². The van der Waals surface area contributed by atoms with Gasteiger partial charge in [-0.1, -0.05) is 19.8 Å². The molecular formula is C13H22N4O2S. The SMILES string of the molecule is COC(=O)CCSCc1nnnn1C1CCCCC1C. The first-order valence-corrected chi connectivity index (χ1v) is 8.29. The van der Waals surface area contributed by atoms with Crippen LogP contribution in [0.25, 0.3) is 0 Å². The average Bonchev–Trinajstić information content (AvgIpc) is 2.92. The molecular weight excluding hydrogens is 276 g/mol. The molecule has 0 spiro atoms. The third kappa shape index (κ3) is 3.94. The number of carbonyl (C=O) groups is 1. The van der Waals surface area contributed by atoms with Crippen LogP contribution in [-0.2, 0) is 15.3 Å². The Kier molecular flexibility index (Phi) is 5.82. The minimum absolute atomic E-state index is 0.169. The van der Waals surface area contributed by atoms with Crippen molar-refractivity contribution in [1.82, 2.24) is 20.2 Å². The molecule has 1 fully saturated rings. The Labute approximate surface area is 123 Å². The molecule has 112 valence electrons. The van der Waals surface area contributed by atoms with E-state index >= 15 is 0 Å². The zero-order valence-electron chi connectivity index (χ0n) is 12.1. The Morgan fingerprint density at radius 2 is 2.25 bits per heavy atom. The molecule has 1 aliphatic carbocycles. The van der Waals surface area contributed by atoms with Gasteiger partial charge in [-0.15, -0.1) is 5.10 Å². The molecule has 0 aliphatic heterocycles. The largest absolute Gasteiger partial charge is 0.469 e. The molecule has 0 radical (unpaired) electrons. The van der Waals surface area contributed by atoms with Crippen molar-refractivity contribution >= 4 is 17.7 Å². The van der Waals surface area contributed by atoms with Gasteiger partial charge in [0.1, 0.15) is 0 Å². The molecule has 7 heteroatoms. The number of thioether (sulfide) groups is 1. The van der Waals surface area contributed by atoms with E-state index < -0.39 is 0 Å². The molecule has 0 aromatic carbocycles. The van der Waals surface area contributed by atoms with Gasteiger partial charge in [-0.2, -0.15) is 11.8 Å². The highest BCUT2D eigenvalue weighted by molar-refractivity contribution is 7.98. The van der Waals surface area contributed by atoms with Gasteiger partial charge in [0.25, 0.3) is 0 Å². The normalized spacial score (nSPS) is 22.7. The van der Waals surface area contributed by atoms with E-state index in [1.807, 2.05) is 4.68 Å². The van der Waals surface area contributed by atoms with Crippen molar-refractivity contribution in [2.45, 2.75) is 50.8 Å².